The molecular formula is C18H33N3O2. The highest BCUT2D eigenvalue weighted by Gasteiger charge is 2.54. The van der Waals surface area contributed by atoms with E-state index in [2.05, 4.69) is 44.7 Å². The van der Waals surface area contributed by atoms with Crippen molar-refractivity contribution in [2.75, 3.05) is 20.8 Å². The Morgan fingerprint density at radius 3 is 2.52 bits per heavy atom. The van der Waals surface area contributed by atoms with Gasteiger partial charge in [0.1, 0.15) is 0 Å². The van der Waals surface area contributed by atoms with E-state index in [4.69, 9.17) is 9.84 Å². The SMILES string of the molecule is CCC1(CC)C(OC)CC1N(C)Cc1c(C)nn(CCO)c1C. The number of rotatable bonds is 8. The molecule has 1 N–H and O–H groups in total. The van der Waals surface area contributed by atoms with Gasteiger partial charge in [-0.2, -0.15) is 5.10 Å². The molecule has 132 valence electrons. The van der Waals surface area contributed by atoms with Crippen molar-refractivity contribution >= 4 is 0 Å². The summed E-state index contributed by atoms with van der Waals surface area (Å²) >= 11 is 0. The van der Waals surface area contributed by atoms with E-state index in [1.807, 2.05) is 11.8 Å². The second-order valence-corrected chi connectivity index (χ2v) is 6.93. The largest absolute Gasteiger partial charge is 0.394 e. The van der Waals surface area contributed by atoms with Gasteiger partial charge in [0.05, 0.1) is 24.9 Å². The van der Waals surface area contributed by atoms with Gasteiger partial charge < -0.3 is 9.84 Å². The summed E-state index contributed by atoms with van der Waals surface area (Å²) in [6.45, 7) is 10.3. The van der Waals surface area contributed by atoms with Crippen LogP contribution in [-0.4, -0.2) is 52.7 Å². The van der Waals surface area contributed by atoms with Crippen molar-refractivity contribution in [3.05, 3.63) is 17.0 Å². The van der Waals surface area contributed by atoms with E-state index in [1.54, 1.807) is 0 Å². The number of methoxy groups -OCH3 is 1. The molecule has 0 aliphatic heterocycles. The highest BCUT2D eigenvalue weighted by atomic mass is 16.5. The highest BCUT2D eigenvalue weighted by molar-refractivity contribution is 5.25. The van der Waals surface area contributed by atoms with Gasteiger partial charge in [-0.1, -0.05) is 13.8 Å². The molecule has 0 bridgehead atoms. The molecule has 0 radical (unpaired) electrons. The Kier molecular flexibility index (Phi) is 5.87. The molecule has 1 saturated carbocycles. The van der Waals surface area contributed by atoms with E-state index in [9.17, 15) is 0 Å². The maximum atomic E-state index is 9.17. The van der Waals surface area contributed by atoms with Gasteiger partial charge in [-0.25, -0.2) is 0 Å². The number of hydrogen-bond acceptors (Lipinski definition) is 4. The molecule has 23 heavy (non-hydrogen) atoms. The van der Waals surface area contributed by atoms with Gasteiger partial charge in [-0.3, -0.25) is 9.58 Å². The number of aromatic nitrogens is 2. The summed E-state index contributed by atoms with van der Waals surface area (Å²) in [5.41, 5.74) is 3.81. The van der Waals surface area contributed by atoms with Gasteiger partial charge in [-0.05, 0) is 40.2 Å². The molecule has 1 aliphatic carbocycles. The Morgan fingerprint density at radius 1 is 1.35 bits per heavy atom. The molecule has 1 fully saturated rings. The second kappa shape index (κ2) is 7.32. The zero-order valence-corrected chi connectivity index (χ0v) is 15.6. The molecule has 1 aliphatic rings. The summed E-state index contributed by atoms with van der Waals surface area (Å²) in [6.07, 6.45) is 3.79. The van der Waals surface area contributed by atoms with Crippen LogP contribution >= 0.6 is 0 Å². The molecule has 2 atom stereocenters. The standard InChI is InChI=1S/C18H33N3O2/c1-7-18(8-2)16(11-17(18)23-6)20(5)12-15-13(3)19-21(9-10-22)14(15)4/h16-17,22H,7-12H2,1-6H3. The van der Waals surface area contributed by atoms with Crippen LogP contribution in [0, 0.1) is 19.3 Å². The number of hydrogen-bond donors (Lipinski definition) is 1. The summed E-state index contributed by atoms with van der Waals surface area (Å²) in [5, 5.41) is 13.7. The zero-order valence-electron chi connectivity index (χ0n) is 15.6. The fourth-order valence-corrected chi connectivity index (χ4v) is 4.49. The summed E-state index contributed by atoms with van der Waals surface area (Å²) < 4.78 is 7.65. The molecule has 0 amide bonds. The van der Waals surface area contributed by atoms with E-state index >= 15 is 0 Å². The van der Waals surface area contributed by atoms with Crippen molar-refractivity contribution in [2.45, 2.75) is 72.2 Å². The first-order chi connectivity index (χ1) is 10.9. The summed E-state index contributed by atoms with van der Waals surface area (Å²) in [4.78, 5) is 2.48. The van der Waals surface area contributed by atoms with Crippen LogP contribution in [0.5, 0.6) is 0 Å². The van der Waals surface area contributed by atoms with Gasteiger partial charge in [0, 0.05) is 36.4 Å². The predicted molar refractivity (Wildman–Crippen MR) is 92.5 cm³/mol. The van der Waals surface area contributed by atoms with Crippen molar-refractivity contribution in [2.24, 2.45) is 5.41 Å². The summed E-state index contributed by atoms with van der Waals surface area (Å²) in [5.74, 6) is 0. The third kappa shape index (κ3) is 3.06. The number of aliphatic hydroxyl groups excluding tert-OH is 1. The normalized spacial score (nSPS) is 23.3. The van der Waals surface area contributed by atoms with Gasteiger partial charge in [0.25, 0.3) is 0 Å². The molecule has 0 aromatic carbocycles. The van der Waals surface area contributed by atoms with Crippen molar-refractivity contribution in [1.82, 2.24) is 14.7 Å². The minimum atomic E-state index is 0.129. The van der Waals surface area contributed by atoms with E-state index in [-0.39, 0.29) is 12.0 Å². The van der Waals surface area contributed by atoms with Crippen LogP contribution in [0.2, 0.25) is 0 Å². The van der Waals surface area contributed by atoms with Crippen LogP contribution in [-0.2, 0) is 17.8 Å². The topological polar surface area (TPSA) is 50.5 Å². The minimum absolute atomic E-state index is 0.129. The first-order valence-electron chi connectivity index (χ1n) is 8.81. The fourth-order valence-electron chi connectivity index (χ4n) is 4.49. The lowest BCUT2D eigenvalue weighted by Crippen LogP contribution is -2.63. The van der Waals surface area contributed by atoms with E-state index in [0.717, 1.165) is 31.5 Å². The smallest absolute Gasteiger partial charge is 0.0657 e. The summed E-state index contributed by atoms with van der Waals surface area (Å²) in [7, 11) is 4.06. The quantitative estimate of drug-likeness (QED) is 0.799. The van der Waals surface area contributed by atoms with Crippen molar-refractivity contribution in [3.63, 3.8) is 0 Å². The fraction of sp³-hybridized carbons (Fsp3) is 0.833. The van der Waals surface area contributed by atoms with Gasteiger partial charge in [0.2, 0.25) is 0 Å². The van der Waals surface area contributed by atoms with Gasteiger partial charge in [0.15, 0.2) is 0 Å². The van der Waals surface area contributed by atoms with Crippen molar-refractivity contribution in [3.8, 4) is 0 Å². The predicted octanol–water partition coefficient (Wildman–Crippen LogP) is 2.52. The maximum Gasteiger partial charge on any atom is 0.0657 e. The lowest BCUT2D eigenvalue weighted by molar-refractivity contribution is -0.158. The van der Waals surface area contributed by atoms with Crippen LogP contribution in [0.3, 0.4) is 0 Å². The van der Waals surface area contributed by atoms with Gasteiger partial charge >= 0.3 is 0 Å². The Balaban J connectivity index is 2.15. The number of nitrogens with zero attached hydrogens (tertiary/aromatic N) is 3. The monoisotopic (exact) mass is 323 g/mol. The number of aryl methyl sites for hydroxylation is 1. The average molecular weight is 323 g/mol. The van der Waals surface area contributed by atoms with Crippen LogP contribution < -0.4 is 0 Å². The Bertz CT molecular complexity index is 523. The summed E-state index contributed by atoms with van der Waals surface area (Å²) in [6, 6.07) is 0.558. The van der Waals surface area contributed by atoms with Crippen LogP contribution in [0.4, 0.5) is 0 Å². The van der Waals surface area contributed by atoms with Crippen molar-refractivity contribution < 1.29 is 9.84 Å². The zero-order chi connectivity index (χ0) is 17.2. The molecule has 2 rings (SSSR count). The number of aliphatic hydroxyl groups is 1. The molecule has 1 aromatic rings. The Morgan fingerprint density at radius 2 is 2.00 bits per heavy atom. The molecular weight excluding hydrogens is 290 g/mol. The molecule has 5 heteroatoms. The van der Waals surface area contributed by atoms with Crippen LogP contribution in [0.1, 0.15) is 50.1 Å². The third-order valence-corrected chi connectivity index (χ3v) is 6.13. The second-order valence-electron chi connectivity index (χ2n) is 6.93. The molecule has 1 aromatic heterocycles. The molecule has 0 spiro atoms. The van der Waals surface area contributed by atoms with E-state index < -0.39 is 0 Å². The van der Waals surface area contributed by atoms with Crippen molar-refractivity contribution in [1.29, 1.82) is 0 Å². The molecule has 5 nitrogen and oxygen atoms in total. The van der Waals surface area contributed by atoms with E-state index in [0.29, 0.717) is 18.7 Å². The Hall–Kier alpha value is -0.910. The molecule has 2 unspecified atom stereocenters. The molecule has 0 saturated heterocycles. The van der Waals surface area contributed by atoms with Gasteiger partial charge in [-0.15, -0.1) is 0 Å². The lowest BCUT2D eigenvalue weighted by atomic mass is 9.58. The van der Waals surface area contributed by atoms with E-state index in [1.165, 1.54) is 11.3 Å². The third-order valence-electron chi connectivity index (χ3n) is 6.13. The Labute approximate surface area is 140 Å². The average Bonchev–Trinajstić information content (AvgIpc) is 2.76. The first-order valence-corrected chi connectivity index (χ1v) is 8.81. The van der Waals surface area contributed by atoms with Crippen LogP contribution in [0.25, 0.3) is 0 Å². The first kappa shape index (κ1) is 18.4. The highest BCUT2D eigenvalue weighted by Crippen LogP contribution is 2.51. The minimum Gasteiger partial charge on any atom is -0.394 e. The lowest BCUT2D eigenvalue weighted by Gasteiger charge is -2.58. The molecule has 1 heterocycles. The number of ether oxygens (including phenoxy) is 1. The maximum absolute atomic E-state index is 9.17. The van der Waals surface area contributed by atoms with Crippen LogP contribution in [0.15, 0.2) is 0 Å².